The smallest absolute Gasteiger partial charge is 0.115 e. The highest BCUT2D eigenvalue weighted by Gasteiger charge is 2.14. The van der Waals surface area contributed by atoms with Crippen LogP contribution >= 0.6 is 0 Å². The molecule has 0 saturated carbocycles. The van der Waals surface area contributed by atoms with Crippen molar-refractivity contribution in [2.45, 2.75) is 64.2 Å². The van der Waals surface area contributed by atoms with Crippen LogP contribution in [0.2, 0.25) is 0 Å². The van der Waals surface area contributed by atoms with Crippen LogP contribution in [0.5, 0.6) is 11.5 Å². The quantitative estimate of drug-likeness (QED) is 0.114. The molecule has 0 amide bonds. The lowest BCUT2D eigenvalue weighted by Crippen LogP contribution is -2.23. The Kier molecular flexibility index (Phi) is 12.8. The largest absolute Gasteiger partial charge is 0.508 e. The number of allylic oxidation sites excluding steroid dienone is 1. The predicted octanol–water partition coefficient (Wildman–Crippen LogP) is 7.51. The van der Waals surface area contributed by atoms with Crippen LogP contribution in [-0.4, -0.2) is 29.8 Å². The van der Waals surface area contributed by atoms with Gasteiger partial charge in [0.05, 0.1) is 0 Å². The molecule has 198 valence electrons. The zero-order valence-electron chi connectivity index (χ0n) is 22.2. The molecule has 3 aromatic rings. The highest BCUT2D eigenvalue weighted by molar-refractivity contribution is 5.98. The van der Waals surface area contributed by atoms with Crippen molar-refractivity contribution in [2.75, 3.05) is 19.6 Å². The normalized spacial score (nSPS) is 10.9. The number of nitrogens with two attached hydrogens (primary N) is 1. The summed E-state index contributed by atoms with van der Waals surface area (Å²) in [5, 5.41) is 23.1. The van der Waals surface area contributed by atoms with Gasteiger partial charge < -0.3 is 21.3 Å². The van der Waals surface area contributed by atoms with Gasteiger partial charge in [0.1, 0.15) is 11.5 Å². The zero-order valence-corrected chi connectivity index (χ0v) is 22.2. The molecule has 0 aromatic heterocycles. The van der Waals surface area contributed by atoms with Gasteiger partial charge in [-0.05, 0) is 77.9 Å². The number of rotatable bonds is 17. The third kappa shape index (κ3) is 10.1. The van der Waals surface area contributed by atoms with Gasteiger partial charge in [-0.3, -0.25) is 0 Å². The molecule has 0 aliphatic heterocycles. The Morgan fingerprint density at radius 1 is 0.541 bits per heavy atom. The second-order valence-electron chi connectivity index (χ2n) is 9.78. The summed E-state index contributed by atoms with van der Waals surface area (Å²) in [7, 11) is 0. The van der Waals surface area contributed by atoms with Crippen LogP contribution < -0.4 is 11.1 Å². The van der Waals surface area contributed by atoms with Crippen LogP contribution in [0, 0.1) is 0 Å². The molecule has 0 aliphatic carbocycles. The Morgan fingerprint density at radius 3 is 1.54 bits per heavy atom. The molecule has 0 aliphatic rings. The predicted molar refractivity (Wildman–Crippen MR) is 157 cm³/mol. The van der Waals surface area contributed by atoms with E-state index in [0.717, 1.165) is 49.2 Å². The summed E-state index contributed by atoms with van der Waals surface area (Å²) >= 11 is 0. The topological polar surface area (TPSA) is 78.5 Å². The van der Waals surface area contributed by atoms with Crippen LogP contribution in [0.25, 0.3) is 11.1 Å². The van der Waals surface area contributed by atoms with Crippen molar-refractivity contribution in [2.24, 2.45) is 5.73 Å². The highest BCUT2D eigenvalue weighted by atomic mass is 16.3. The summed E-state index contributed by atoms with van der Waals surface area (Å²) in [5.74, 6) is 0.525. The van der Waals surface area contributed by atoms with E-state index in [0.29, 0.717) is 0 Å². The molecule has 4 nitrogen and oxygen atoms in total. The van der Waals surface area contributed by atoms with E-state index in [4.69, 9.17) is 5.73 Å². The fourth-order valence-electron chi connectivity index (χ4n) is 4.84. The fourth-order valence-corrected chi connectivity index (χ4v) is 4.84. The van der Waals surface area contributed by atoms with Gasteiger partial charge >= 0.3 is 0 Å². The fraction of sp³-hybridized carbons (Fsp3) is 0.394. The number of phenols is 2. The first-order valence-corrected chi connectivity index (χ1v) is 14.0. The van der Waals surface area contributed by atoms with Gasteiger partial charge in [-0.2, -0.15) is 0 Å². The number of benzene rings is 3. The maximum absolute atomic E-state index is 9.88. The molecule has 5 N–H and O–H groups in total. The first-order chi connectivity index (χ1) is 18.2. The Bertz CT molecular complexity index is 996. The molecule has 0 radical (unpaired) electrons. The highest BCUT2D eigenvalue weighted by Crippen LogP contribution is 2.36. The van der Waals surface area contributed by atoms with Crippen molar-refractivity contribution in [3.63, 3.8) is 0 Å². The third-order valence-corrected chi connectivity index (χ3v) is 6.84. The van der Waals surface area contributed by atoms with Gasteiger partial charge in [-0.15, -0.1) is 0 Å². The summed E-state index contributed by atoms with van der Waals surface area (Å²) in [6, 6.07) is 25.5. The van der Waals surface area contributed by atoms with Crippen molar-refractivity contribution in [1.29, 1.82) is 0 Å². The lowest BCUT2D eigenvalue weighted by molar-refractivity contribution is 0.475. The molecule has 0 saturated heterocycles. The van der Waals surface area contributed by atoms with E-state index in [1.165, 1.54) is 62.5 Å². The van der Waals surface area contributed by atoms with E-state index in [-0.39, 0.29) is 11.5 Å². The van der Waals surface area contributed by atoms with E-state index in [1.54, 1.807) is 24.3 Å². The summed E-state index contributed by atoms with van der Waals surface area (Å²) in [6.45, 7) is 2.73. The van der Waals surface area contributed by atoms with E-state index in [9.17, 15) is 10.2 Å². The van der Waals surface area contributed by atoms with Gasteiger partial charge in [-0.25, -0.2) is 0 Å². The molecular weight excluding hydrogens is 456 g/mol. The third-order valence-electron chi connectivity index (χ3n) is 6.84. The average molecular weight is 501 g/mol. The Labute approximate surface area is 223 Å². The van der Waals surface area contributed by atoms with Crippen molar-refractivity contribution in [3.05, 3.63) is 95.6 Å². The van der Waals surface area contributed by atoms with Crippen molar-refractivity contribution in [1.82, 2.24) is 5.32 Å². The molecular formula is C33H44N2O2. The van der Waals surface area contributed by atoms with Gasteiger partial charge in [0.25, 0.3) is 0 Å². The number of phenolic OH excluding ortho intramolecular Hbond substituents is 2. The molecule has 37 heavy (non-hydrogen) atoms. The summed E-state index contributed by atoms with van der Waals surface area (Å²) in [4.78, 5) is 0. The van der Waals surface area contributed by atoms with Crippen molar-refractivity contribution < 1.29 is 10.2 Å². The van der Waals surface area contributed by atoms with E-state index in [2.05, 4.69) is 35.6 Å². The molecule has 0 bridgehead atoms. The van der Waals surface area contributed by atoms with Gasteiger partial charge in [0.15, 0.2) is 0 Å². The SMILES string of the molecule is NCCNCCCCCCCCCCCC(=C(c1ccc(O)cc1)c1ccc(O)cc1)c1ccccc1. The minimum atomic E-state index is 0.262. The standard InChI is InChI=1S/C33H44N2O2/c34-24-26-35-25-12-7-5-3-1-2-4-6-11-15-32(27-13-9-8-10-14-27)33(28-16-20-30(36)21-17-28)29-18-22-31(37)23-19-29/h8-10,13-14,16-23,35-37H,1-7,11-12,15,24-26,34H2. The zero-order chi connectivity index (χ0) is 26.1. The van der Waals surface area contributed by atoms with Crippen LogP contribution in [0.1, 0.15) is 80.9 Å². The molecule has 0 unspecified atom stereocenters. The molecule has 4 heteroatoms. The Morgan fingerprint density at radius 2 is 1.03 bits per heavy atom. The molecule has 0 spiro atoms. The number of hydrogen-bond donors (Lipinski definition) is 4. The lowest BCUT2D eigenvalue weighted by Gasteiger charge is -2.18. The van der Waals surface area contributed by atoms with Crippen molar-refractivity contribution in [3.8, 4) is 11.5 Å². The molecule has 3 aromatic carbocycles. The summed E-state index contributed by atoms with van der Waals surface area (Å²) in [6.07, 6.45) is 12.5. The minimum absolute atomic E-state index is 0.262. The van der Waals surface area contributed by atoms with Gasteiger partial charge in [-0.1, -0.05) is 99.5 Å². The van der Waals surface area contributed by atoms with E-state index in [1.807, 2.05) is 24.3 Å². The second-order valence-corrected chi connectivity index (χ2v) is 9.78. The first-order valence-electron chi connectivity index (χ1n) is 14.0. The number of unbranched alkanes of at least 4 members (excludes halogenated alkanes) is 8. The Balaban J connectivity index is 1.62. The van der Waals surface area contributed by atoms with E-state index < -0.39 is 0 Å². The van der Waals surface area contributed by atoms with Crippen LogP contribution in [0.3, 0.4) is 0 Å². The molecule has 0 fully saturated rings. The maximum atomic E-state index is 9.88. The minimum Gasteiger partial charge on any atom is -0.508 e. The first kappa shape index (κ1) is 28.5. The number of nitrogens with one attached hydrogen (secondary N) is 1. The van der Waals surface area contributed by atoms with Crippen molar-refractivity contribution >= 4 is 11.1 Å². The lowest BCUT2D eigenvalue weighted by atomic mass is 9.86. The molecule has 0 heterocycles. The molecule has 0 atom stereocenters. The van der Waals surface area contributed by atoms with Gasteiger partial charge in [0, 0.05) is 13.1 Å². The van der Waals surface area contributed by atoms with E-state index >= 15 is 0 Å². The van der Waals surface area contributed by atoms with Crippen LogP contribution in [0.15, 0.2) is 78.9 Å². The number of aromatic hydroxyl groups is 2. The average Bonchev–Trinajstić information content (AvgIpc) is 2.93. The Hall–Kier alpha value is -3.08. The summed E-state index contributed by atoms with van der Waals surface area (Å²) < 4.78 is 0. The second kappa shape index (κ2) is 16.6. The number of hydrogen-bond acceptors (Lipinski definition) is 4. The van der Waals surface area contributed by atoms with Crippen LogP contribution in [-0.2, 0) is 0 Å². The maximum Gasteiger partial charge on any atom is 0.115 e. The van der Waals surface area contributed by atoms with Crippen LogP contribution in [0.4, 0.5) is 0 Å². The van der Waals surface area contributed by atoms with Gasteiger partial charge in [0.2, 0.25) is 0 Å². The molecule has 3 rings (SSSR count). The summed E-state index contributed by atoms with van der Waals surface area (Å²) in [5.41, 5.74) is 11.3. The monoisotopic (exact) mass is 500 g/mol.